The second-order valence-corrected chi connectivity index (χ2v) is 8.69. The molecule has 0 bridgehead atoms. The molecule has 2 heterocycles. The van der Waals surface area contributed by atoms with Crippen LogP contribution < -0.4 is 5.32 Å². The predicted molar refractivity (Wildman–Crippen MR) is 127 cm³/mol. The van der Waals surface area contributed by atoms with Crippen LogP contribution in [0, 0.1) is 6.92 Å². The van der Waals surface area contributed by atoms with Crippen molar-refractivity contribution in [2.24, 2.45) is 0 Å². The van der Waals surface area contributed by atoms with Gasteiger partial charge in [0.05, 0.1) is 18.6 Å². The molecule has 4 aromatic rings. The number of nitrogens with zero attached hydrogens (tertiary/aromatic N) is 3. The molecule has 1 N–H and O–H groups in total. The number of esters is 1. The molecule has 0 aliphatic heterocycles. The van der Waals surface area contributed by atoms with E-state index in [9.17, 15) is 9.59 Å². The van der Waals surface area contributed by atoms with Crippen LogP contribution in [-0.2, 0) is 9.53 Å². The monoisotopic (exact) mass is 464 g/mol. The summed E-state index contributed by atoms with van der Waals surface area (Å²) in [5.41, 5.74) is 3.43. The first-order chi connectivity index (χ1) is 15.6. The Morgan fingerprint density at radius 1 is 1.06 bits per heavy atom. The summed E-state index contributed by atoms with van der Waals surface area (Å²) in [6, 6.07) is 19.5. The molecule has 9 heteroatoms. The zero-order valence-corrected chi connectivity index (χ0v) is 19.1. The quantitative estimate of drug-likeness (QED) is 0.312. The molecule has 2 aromatic carbocycles. The highest BCUT2D eigenvalue weighted by Gasteiger charge is 2.19. The lowest BCUT2D eigenvalue weighted by Crippen LogP contribution is -2.16. The molecule has 0 fully saturated rings. The number of amides is 1. The van der Waals surface area contributed by atoms with Gasteiger partial charge in [-0.25, -0.2) is 4.79 Å². The number of carbonyl (C=O) groups is 2. The first kappa shape index (κ1) is 21.8. The van der Waals surface area contributed by atoms with E-state index in [4.69, 9.17) is 4.74 Å². The second-order valence-electron chi connectivity index (χ2n) is 6.83. The van der Waals surface area contributed by atoms with Crippen LogP contribution >= 0.6 is 23.1 Å². The number of aryl methyl sites for hydroxylation is 1. The summed E-state index contributed by atoms with van der Waals surface area (Å²) >= 11 is 2.49. The molecule has 0 saturated carbocycles. The standard InChI is InChI=1S/C23H20N4O3S2/c1-15-8-10-17(11-9-15)27-21(16-6-4-3-5-7-16)25-26-23(27)32-14-19(28)24-18-12-13-31-20(18)22(29)30-2/h3-13H,14H2,1-2H3,(H,24,28). The summed E-state index contributed by atoms with van der Waals surface area (Å²) in [7, 11) is 1.31. The fourth-order valence-electron chi connectivity index (χ4n) is 3.04. The van der Waals surface area contributed by atoms with Crippen LogP contribution in [0.15, 0.2) is 71.2 Å². The van der Waals surface area contributed by atoms with E-state index in [1.807, 2.05) is 66.1 Å². The topological polar surface area (TPSA) is 86.1 Å². The van der Waals surface area contributed by atoms with E-state index < -0.39 is 5.97 Å². The van der Waals surface area contributed by atoms with E-state index in [1.165, 1.54) is 30.2 Å². The highest BCUT2D eigenvalue weighted by Crippen LogP contribution is 2.29. The summed E-state index contributed by atoms with van der Waals surface area (Å²) in [6.07, 6.45) is 0. The molecule has 0 unspecified atom stereocenters. The lowest BCUT2D eigenvalue weighted by atomic mass is 10.2. The van der Waals surface area contributed by atoms with Crippen LogP contribution in [0.3, 0.4) is 0 Å². The van der Waals surface area contributed by atoms with Gasteiger partial charge < -0.3 is 10.1 Å². The van der Waals surface area contributed by atoms with Gasteiger partial charge in [-0.2, -0.15) is 0 Å². The molecule has 32 heavy (non-hydrogen) atoms. The first-order valence-corrected chi connectivity index (χ1v) is 11.6. The largest absolute Gasteiger partial charge is 0.465 e. The molecular formula is C23H20N4O3S2. The molecule has 0 aliphatic carbocycles. The second kappa shape index (κ2) is 9.80. The number of ether oxygens (including phenoxy) is 1. The van der Waals surface area contributed by atoms with E-state index in [-0.39, 0.29) is 11.7 Å². The van der Waals surface area contributed by atoms with Crippen LogP contribution in [0.5, 0.6) is 0 Å². The molecule has 4 rings (SSSR count). The van der Waals surface area contributed by atoms with Gasteiger partial charge >= 0.3 is 5.97 Å². The Bertz CT molecular complexity index is 1230. The summed E-state index contributed by atoms with van der Waals surface area (Å²) in [5, 5.41) is 13.8. The lowest BCUT2D eigenvalue weighted by molar-refractivity contribution is -0.113. The van der Waals surface area contributed by atoms with E-state index in [0.717, 1.165) is 16.8 Å². The number of carbonyl (C=O) groups excluding carboxylic acids is 2. The van der Waals surface area contributed by atoms with E-state index in [0.29, 0.717) is 21.5 Å². The van der Waals surface area contributed by atoms with Gasteiger partial charge in [0.1, 0.15) is 4.88 Å². The van der Waals surface area contributed by atoms with Crippen molar-refractivity contribution in [3.8, 4) is 17.1 Å². The third-order valence-corrected chi connectivity index (χ3v) is 6.42. The average Bonchev–Trinajstić information content (AvgIpc) is 3.45. The van der Waals surface area contributed by atoms with Crippen molar-refractivity contribution < 1.29 is 14.3 Å². The zero-order chi connectivity index (χ0) is 22.5. The molecule has 0 saturated heterocycles. The third-order valence-electron chi connectivity index (χ3n) is 4.60. The van der Waals surface area contributed by atoms with Gasteiger partial charge in [-0.15, -0.1) is 21.5 Å². The fraction of sp³-hybridized carbons (Fsp3) is 0.130. The van der Waals surface area contributed by atoms with Crippen LogP contribution in [0.2, 0.25) is 0 Å². The average molecular weight is 465 g/mol. The maximum Gasteiger partial charge on any atom is 0.350 e. The maximum atomic E-state index is 12.6. The number of rotatable bonds is 7. The highest BCUT2D eigenvalue weighted by atomic mass is 32.2. The van der Waals surface area contributed by atoms with Crippen LogP contribution in [0.4, 0.5) is 5.69 Å². The number of hydrogen-bond acceptors (Lipinski definition) is 7. The SMILES string of the molecule is COC(=O)c1sccc1NC(=O)CSc1nnc(-c2ccccc2)n1-c1ccc(C)cc1. The maximum absolute atomic E-state index is 12.6. The molecule has 2 aromatic heterocycles. The van der Waals surface area contributed by atoms with Crippen molar-refractivity contribution in [1.29, 1.82) is 0 Å². The van der Waals surface area contributed by atoms with Gasteiger partial charge in [0.15, 0.2) is 11.0 Å². The predicted octanol–water partition coefficient (Wildman–Crippen LogP) is 4.82. The molecule has 0 radical (unpaired) electrons. The van der Waals surface area contributed by atoms with E-state index in [1.54, 1.807) is 11.4 Å². The third kappa shape index (κ3) is 4.74. The van der Waals surface area contributed by atoms with Gasteiger partial charge in [-0.3, -0.25) is 9.36 Å². The molecule has 162 valence electrons. The summed E-state index contributed by atoms with van der Waals surface area (Å²) < 4.78 is 6.70. The Morgan fingerprint density at radius 2 is 1.81 bits per heavy atom. The minimum absolute atomic E-state index is 0.106. The molecule has 0 atom stereocenters. The van der Waals surface area contributed by atoms with Crippen molar-refractivity contribution in [2.45, 2.75) is 12.1 Å². The summed E-state index contributed by atoms with van der Waals surface area (Å²) in [6.45, 7) is 2.03. The normalized spacial score (nSPS) is 10.7. The van der Waals surface area contributed by atoms with Crippen molar-refractivity contribution in [1.82, 2.24) is 14.8 Å². The smallest absolute Gasteiger partial charge is 0.350 e. The van der Waals surface area contributed by atoms with Gasteiger partial charge in [0.2, 0.25) is 5.91 Å². The number of anilines is 1. The highest BCUT2D eigenvalue weighted by molar-refractivity contribution is 7.99. The fourth-order valence-corrected chi connectivity index (χ4v) is 4.56. The Balaban J connectivity index is 1.57. The number of thioether (sulfide) groups is 1. The summed E-state index contributed by atoms with van der Waals surface area (Å²) in [4.78, 5) is 24.8. The van der Waals surface area contributed by atoms with E-state index >= 15 is 0 Å². The number of nitrogens with one attached hydrogen (secondary N) is 1. The number of methoxy groups -OCH3 is 1. The molecule has 1 amide bonds. The van der Waals surface area contributed by atoms with Crippen LogP contribution in [0.25, 0.3) is 17.1 Å². The van der Waals surface area contributed by atoms with Gasteiger partial charge in [0, 0.05) is 11.3 Å². The number of aromatic nitrogens is 3. The van der Waals surface area contributed by atoms with Crippen molar-refractivity contribution in [3.63, 3.8) is 0 Å². The molecule has 7 nitrogen and oxygen atoms in total. The van der Waals surface area contributed by atoms with Crippen molar-refractivity contribution in [2.75, 3.05) is 18.2 Å². The van der Waals surface area contributed by atoms with Crippen molar-refractivity contribution >= 4 is 40.7 Å². The number of thiophene rings is 1. The number of hydrogen-bond donors (Lipinski definition) is 1. The lowest BCUT2D eigenvalue weighted by Gasteiger charge is -2.11. The number of benzene rings is 2. The van der Waals surface area contributed by atoms with Gasteiger partial charge in [-0.1, -0.05) is 59.8 Å². The van der Waals surface area contributed by atoms with Crippen molar-refractivity contribution in [3.05, 3.63) is 76.5 Å². The summed E-state index contributed by atoms with van der Waals surface area (Å²) in [5.74, 6) is 0.0749. The Hall–Kier alpha value is -3.43. The van der Waals surface area contributed by atoms with Gasteiger partial charge in [-0.05, 0) is 30.5 Å². The molecule has 0 aliphatic rings. The van der Waals surface area contributed by atoms with Crippen LogP contribution in [0.1, 0.15) is 15.2 Å². The minimum Gasteiger partial charge on any atom is -0.465 e. The van der Waals surface area contributed by atoms with E-state index in [2.05, 4.69) is 15.5 Å². The van der Waals surface area contributed by atoms with Gasteiger partial charge in [0.25, 0.3) is 0 Å². The zero-order valence-electron chi connectivity index (χ0n) is 17.4. The Morgan fingerprint density at radius 3 is 2.53 bits per heavy atom. The first-order valence-electron chi connectivity index (χ1n) is 9.73. The Kier molecular flexibility index (Phi) is 6.67. The Labute approximate surface area is 193 Å². The van der Waals surface area contributed by atoms with Crippen LogP contribution in [-0.4, -0.2) is 39.5 Å². The minimum atomic E-state index is -0.477. The molecule has 0 spiro atoms. The molecular weight excluding hydrogens is 444 g/mol.